The number of aromatic nitrogens is 1. The van der Waals surface area contributed by atoms with Gasteiger partial charge in [0.2, 0.25) is 0 Å². The first-order valence-electron chi connectivity index (χ1n) is 11.0. The molecule has 1 aliphatic rings. The van der Waals surface area contributed by atoms with Crippen LogP contribution in [-0.4, -0.2) is 16.1 Å². The third-order valence-corrected chi connectivity index (χ3v) is 6.01. The van der Waals surface area contributed by atoms with Gasteiger partial charge in [0.25, 0.3) is 0 Å². The predicted molar refractivity (Wildman–Crippen MR) is 126 cm³/mol. The van der Waals surface area contributed by atoms with Gasteiger partial charge in [-0.05, 0) is 74.6 Å². The molecule has 0 saturated heterocycles. The first-order chi connectivity index (χ1) is 15.9. The zero-order chi connectivity index (χ0) is 23.5. The number of pyridine rings is 1. The molecule has 3 aromatic rings. The van der Waals surface area contributed by atoms with Crippen LogP contribution >= 0.6 is 0 Å². The van der Waals surface area contributed by atoms with E-state index in [-0.39, 0.29) is 18.2 Å². The summed E-state index contributed by atoms with van der Waals surface area (Å²) in [7, 11) is 0. The van der Waals surface area contributed by atoms with Crippen molar-refractivity contribution >= 4 is 5.97 Å². The Hall–Kier alpha value is -3.65. The molecule has 0 radical (unpaired) electrons. The Kier molecular flexibility index (Phi) is 6.46. The molecule has 2 aromatic carbocycles. The van der Waals surface area contributed by atoms with Gasteiger partial charge in [0.15, 0.2) is 0 Å². The van der Waals surface area contributed by atoms with Gasteiger partial charge in [-0.1, -0.05) is 30.2 Å². The van der Waals surface area contributed by atoms with E-state index in [0.29, 0.717) is 24.2 Å². The lowest BCUT2D eigenvalue weighted by atomic mass is 9.90. The summed E-state index contributed by atoms with van der Waals surface area (Å²) in [6, 6.07) is 14.8. The van der Waals surface area contributed by atoms with Gasteiger partial charge in [-0.3, -0.25) is 9.78 Å². The monoisotopic (exact) mass is 443 g/mol. The molecule has 2 heterocycles. The van der Waals surface area contributed by atoms with Crippen LogP contribution in [-0.2, 0) is 11.2 Å². The molecule has 4 nitrogen and oxygen atoms in total. The Morgan fingerprint density at radius 3 is 2.76 bits per heavy atom. The summed E-state index contributed by atoms with van der Waals surface area (Å²) in [5.41, 5.74) is 6.12. The van der Waals surface area contributed by atoms with Crippen molar-refractivity contribution in [2.24, 2.45) is 0 Å². The Bertz CT molecular complexity index is 1270. The Labute approximate surface area is 193 Å². The molecule has 0 fully saturated rings. The van der Waals surface area contributed by atoms with Gasteiger partial charge in [-0.15, -0.1) is 5.92 Å². The predicted octanol–water partition coefficient (Wildman–Crippen LogP) is 6.15. The number of benzene rings is 2. The number of carbonyl (C=O) groups is 1. The first kappa shape index (κ1) is 22.5. The van der Waals surface area contributed by atoms with Crippen molar-refractivity contribution < 1.29 is 19.0 Å². The fraction of sp³-hybridized carbons (Fsp3) is 0.286. The van der Waals surface area contributed by atoms with E-state index in [0.717, 1.165) is 33.6 Å². The number of carboxylic acids is 1. The second-order valence-corrected chi connectivity index (χ2v) is 8.38. The molecule has 1 N–H and O–H groups in total. The molecule has 0 amide bonds. The van der Waals surface area contributed by atoms with E-state index >= 15 is 0 Å². The highest BCUT2D eigenvalue weighted by molar-refractivity contribution is 5.69. The number of carboxylic acid groups (broad SMARTS) is 1. The van der Waals surface area contributed by atoms with Crippen LogP contribution in [0.5, 0.6) is 5.75 Å². The first-order valence-corrected chi connectivity index (χ1v) is 11.0. The van der Waals surface area contributed by atoms with Gasteiger partial charge >= 0.3 is 5.97 Å². The van der Waals surface area contributed by atoms with Crippen LogP contribution in [0, 0.1) is 31.5 Å². The van der Waals surface area contributed by atoms with Crippen molar-refractivity contribution in [1.82, 2.24) is 4.98 Å². The van der Waals surface area contributed by atoms with Crippen LogP contribution in [0.25, 0.3) is 11.1 Å². The Morgan fingerprint density at radius 2 is 2.03 bits per heavy atom. The number of hydrogen-bond donors (Lipinski definition) is 1. The minimum Gasteiger partial charge on any atom is -0.485 e. The summed E-state index contributed by atoms with van der Waals surface area (Å²) in [5.74, 6) is 4.97. The fourth-order valence-electron chi connectivity index (χ4n) is 4.39. The van der Waals surface area contributed by atoms with Crippen LogP contribution in [0.15, 0.2) is 48.5 Å². The van der Waals surface area contributed by atoms with Gasteiger partial charge in [0.05, 0.1) is 12.3 Å². The topological polar surface area (TPSA) is 59.4 Å². The molecule has 1 aliphatic heterocycles. The number of nitrogens with zero attached hydrogens (tertiary/aromatic N) is 1. The highest BCUT2D eigenvalue weighted by Crippen LogP contribution is 2.38. The summed E-state index contributed by atoms with van der Waals surface area (Å²) in [4.78, 5) is 15.7. The van der Waals surface area contributed by atoms with Crippen molar-refractivity contribution in [2.75, 3.05) is 0 Å². The van der Waals surface area contributed by atoms with E-state index in [4.69, 9.17) is 4.74 Å². The van der Waals surface area contributed by atoms with Crippen molar-refractivity contribution in [3.63, 3.8) is 0 Å². The molecule has 5 heteroatoms. The number of halogens is 1. The molecule has 0 aliphatic carbocycles. The van der Waals surface area contributed by atoms with Crippen LogP contribution in [0.1, 0.15) is 59.9 Å². The van der Waals surface area contributed by atoms with Crippen LogP contribution < -0.4 is 4.74 Å². The zero-order valence-corrected chi connectivity index (χ0v) is 19.0. The smallest absolute Gasteiger partial charge is 0.304 e. The molecule has 4 rings (SSSR count). The second kappa shape index (κ2) is 9.46. The number of aryl methyl sites for hydroxylation is 3. The minimum absolute atomic E-state index is 0.0472. The number of fused-ring (bicyclic) bond motifs is 1. The normalized spacial score (nSPS) is 15.6. The lowest BCUT2D eigenvalue weighted by Gasteiger charge is -2.28. The second-order valence-electron chi connectivity index (χ2n) is 8.38. The van der Waals surface area contributed by atoms with Crippen LogP contribution in [0.2, 0.25) is 0 Å². The minimum atomic E-state index is -0.883. The molecular weight excluding hydrogens is 417 g/mol. The summed E-state index contributed by atoms with van der Waals surface area (Å²) >= 11 is 0. The van der Waals surface area contributed by atoms with E-state index < -0.39 is 12.1 Å². The van der Waals surface area contributed by atoms with E-state index in [1.54, 1.807) is 13.0 Å². The summed E-state index contributed by atoms with van der Waals surface area (Å²) in [6.07, 6.45) is 0.897. The van der Waals surface area contributed by atoms with Crippen LogP contribution in [0.4, 0.5) is 4.39 Å². The van der Waals surface area contributed by atoms with E-state index in [2.05, 4.69) is 16.8 Å². The maximum absolute atomic E-state index is 14.8. The molecule has 0 spiro atoms. The highest BCUT2D eigenvalue weighted by atomic mass is 19.1. The number of aliphatic carboxylic acids is 1. The maximum atomic E-state index is 14.8. The lowest BCUT2D eigenvalue weighted by Crippen LogP contribution is -2.17. The van der Waals surface area contributed by atoms with Crippen molar-refractivity contribution in [2.45, 2.75) is 52.1 Å². The average molecular weight is 444 g/mol. The standard InChI is InChI=1S/C28H26FNO3/c1-4-5-19(16-28(31)32)20-8-12-26-22(14-20)9-13-27(33-26)24-15-21(7-11-25(24)29)23-10-6-17(2)30-18(23)3/h6-8,10-12,14-15,19,27H,9,13,16H2,1-3H3,(H,31,32). The molecule has 0 saturated carbocycles. The molecule has 168 valence electrons. The van der Waals surface area contributed by atoms with E-state index in [9.17, 15) is 14.3 Å². The molecule has 2 atom stereocenters. The number of ether oxygens (including phenoxy) is 1. The summed E-state index contributed by atoms with van der Waals surface area (Å²) < 4.78 is 21.0. The van der Waals surface area contributed by atoms with Gasteiger partial charge in [0, 0.05) is 22.5 Å². The quantitative estimate of drug-likeness (QED) is 0.480. The SMILES string of the molecule is CC#CC(CC(=O)O)c1ccc2c(c1)CCC(c1cc(-c3ccc(C)nc3C)ccc1F)O2. The van der Waals surface area contributed by atoms with Crippen molar-refractivity contribution in [1.29, 1.82) is 0 Å². The number of rotatable bonds is 5. The summed E-state index contributed by atoms with van der Waals surface area (Å²) in [5, 5.41) is 9.20. The molecular formula is C28H26FNO3. The van der Waals surface area contributed by atoms with Gasteiger partial charge < -0.3 is 9.84 Å². The van der Waals surface area contributed by atoms with Gasteiger partial charge in [-0.25, -0.2) is 4.39 Å². The van der Waals surface area contributed by atoms with Crippen molar-refractivity contribution in [3.05, 3.63) is 82.4 Å². The average Bonchev–Trinajstić information content (AvgIpc) is 2.78. The summed E-state index contributed by atoms with van der Waals surface area (Å²) in [6.45, 7) is 5.61. The Morgan fingerprint density at radius 1 is 1.21 bits per heavy atom. The lowest BCUT2D eigenvalue weighted by molar-refractivity contribution is -0.137. The third-order valence-electron chi connectivity index (χ3n) is 6.01. The number of hydrogen-bond acceptors (Lipinski definition) is 3. The van der Waals surface area contributed by atoms with Crippen molar-refractivity contribution in [3.8, 4) is 28.7 Å². The van der Waals surface area contributed by atoms with Gasteiger partial charge in [-0.2, -0.15) is 0 Å². The molecule has 33 heavy (non-hydrogen) atoms. The molecule has 2 unspecified atom stereocenters. The molecule has 0 bridgehead atoms. The maximum Gasteiger partial charge on any atom is 0.304 e. The zero-order valence-electron chi connectivity index (χ0n) is 19.0. The van der Waals surface area contributed by atoms with E-state index in [1.165, 1.54) is 6.07 Å². The largest absolute Gasteiger partial charge is 0.485 e. The van der Waals surface area contributed by atoms with E-state index in [1.807, 2.05) is 50.2 Å². The Balaban J connectivity index is 1.61. The van der Waals surface area contributed by atoms with Crippen LogP contribution in [0.3, 0.4) is 0 Å². The molecule has 1 aromatic heterocycles. The van der Waals surface area contributed by atoms with Gasteiger partial charge in [0.1, 0.15) is 17.7 Å². The fourth-order valence-corrected chi connectivity index (χ4v) is 4.39. The highest BCUT2D eigenvalue weighted by Gasteiger charge is 2.26. The third kappa shape index (κ3) is 4.90.